The topological polar surface area (TPSA) is 26.3 Å². The molecule has 0 aromatic heterocycles. The first kappa shape index (κ1) is 14.7. The molecule has 1 rings (SSSR count). The van der Waals surface area contributed by atoms with Crippen LogP contribution in [-0.2, 0) is 16.1 Å². The highest BCUT2D eigenvalue weighted by atomic mass is 16.5. The molecule has 0 radical (unpaired) electrons. The molecular weight excluding hydrogens is 224 g/mol. The molecule has 0 N–H and O–H groups in total. The lowest BCUT2D eigenvalue weighted by Crippen LogP contribution is -2.19. The van der Waals surface area contributed by atoms with E-state index >= 15 is 0 Å². The van der Waals surface area contributed by atoms with Crippen molar-refractivity contribution in [2.45, 2.75) is 46.6 Å². The molecule has 0 spiro atoms. The highest BCUT2D eigenvalue weighted by molar-refractivity contribution is 5.72. The molecule has 0 saturated carbocycles. The van der Waals surface area contributed by atoms with E-state index < -0.39 is 0 Å². The molecule has 0 bridgehead atoms. The highest BCUT2D eigenvalue weighted by Gasteiger charge is 2.20. The molecule has 2 unspecified atom stereocenters. The van der Waals surface area contributed by atoms with E-state index in [9.17, 15) is 4.79 Å². The summed E-state index contributed by atoms with van der Waals surface area (Å²) in [6.45, 7) is 6.79. The van der Waals surface area contributed by atoms with Crippen LogP contribution in [0.3, 0.4) is 0 Å². The number of carbonyl (C=O) groups excluding carboxylic acids is 1. The van der Waals surface area contributed by atoms with Gasteiger partial charge in [-0.1, -0.05) is 57.5 Å². The van der Waals surface area contributed by atoms with Crippen LogP contribution < -0.4 is 0 Å². The summed E-state index contributed by atoms with van der Waals surface area (Å²) < 4.78 is 5.39. The summed E-state index contributed by atoms with van der Waals surface area (Å²) in [6, 6.07) is 9.83. The van der Waals surface area contributed by atoms with Crippen LogP contribution in [0.1, 0.15) is 45.6 Å². The van der Waals surface area contributed by atoms with E-state index in [0.717, 1.165) is 24.8 Å². The van der Waals surface area contributed by atoms with Crippen molar-refractivity contribution in [1.29, 1.82) is 0 Å². The van der Waals surface area contributed by atoms with Gasteiger partial charge in [0.2, 0.25) is 0 Å². The average molecular weight is 248 g/mol. The zero-order valence-corrected chi connectivity index (χ0v) is 11.7. The lowest BCUT2D eigenvalue weighted by molar-refractivity contribution is -0.150. The standard InChI is InChI=1S/C16H24O2/c1-4-13(3)11-15(5-2)16(17)18-12-14-9-7-6-8-10-14/h6-10,13,15H,4-5,11-12H2,1-3H3. The molecule has 1 aromatic rings. The Labute approximate surface area is 110 Å². The average Bonchev–Trinajstić information content (AvgIpc) is 2.42. The minimum atomic E-state index is -0.0540. The first-order valence-electron chi connectivity index (χ1n) is 6.87. The van der Waals surface area contributed by atoms with Gasteiger partial charge in [0.15, 0.2) is 0 Å². The number of benzene rings is 1. The zero-order chi connectivity index (χ0) is 13.4. The Balaban J connectivity index is 2.43. The molecule has 2 nitrogen and oxygen atoms in total. The van der Waals surface area contributed by atoms with E-state index in [-0.39, 0.29) is 11.9 Å². The maximum Gasteiger partial charge on any atom is 0.309 e. The van der Waals surface area contributed by atoms with Crippen molar-refractivity contribution in [3.63, 3.8) is 0 Å². The zero-order valence-electron chi connectivity index (χ0n) is 11.7. The van der Waals surface area contributed by atoms with Crippen molar-refractivity contribution in [2.75, 3.05) is 0 Å². The highest BCUT2D eigenvalue weighted by Crippen LogP contribution is 2.19. The van der Waals surface area contributed by atoms with Crippen molar-refractivity contribution in [1.82, 2.24) is 0 Å². The van der Waals surface area contributed by atoms with E-state index in [1.807, 2.05) is 30.3 Å². The van der Waals surface area contributed by atoms with E-state index in [0.29, 0.717) is 12.5 Å². The Kier molecular flexibility index (Phi) is 6.48. The Bertz CT molecular complexity index is 345. The van der Waals surface area contributed by atoms with Crippen LogP contribution in [-0.4, -0.2) is 5.97 Å². The van der Waals surface area contributed by atoms with Gasteiger partial charge in [-0.3, -0.25) is 4.79 Å². The molecule has 0 amide bonds. The summed E-state index contributed by atoms with van der Waals surface area (Å²) in [5.74, 6) is 0.574. The number of hydrogen-bond donors (Lipinski definition) is 0. The van der Waals surface area contributed by atoms with Gasteiger partial charge in [0.1, 0.15) is 6.61 Å². The summed E-state index contributed by atoms with van der Waals surface area (Å²) in [6.07, 6.45) is 2.90. The number of carbonyl (C=O) groups is 1. The summed E-state index contributed by atoms with van der Waals surface area (Å²) in [4.78, 5) is 12.0. The molecule has 0 aliphatic heterocycles. The Morgan fingerprint density at radius 2 is 1.83 bits per heavy atom. The Morgan fingerprint density at radius 1 is 1.17 bits per heavy atom. The fourth-order valence-corrected chi connectivity index (χ4v) is 1.93. The van der Waals surface area contributed by atoms with Crippen molar-refractivity contribution in [3.05, 3.63) is 35.9 Å². The predicted molar refractivity (Wildman–Crippen MR) is 74.1 cm³/mol. The predicted octanol–water partition coefficient (Wildman–Crippen LogP) is 4.19. The second-order valence-electron chi connectivity index (χ2n) is 4.95. The lowest BCUT2D eigenvalue weighted by atomic mass is 9.92. The third-order valence-electron chi connectivity index (χ3n) is 3.43. The molecule has 0 aliphatic rings. The Morgan fingerprint density at radius 3 is 2.39 bits per heavy atom. The molecular formula is C16H24O2. The number of rotatable bonds is 7. The van der Waals surface area contributed by atoms with Crippen LogP contribution in [0.5, 0.6) is 0 Å². The monoisotopic (exact) mass is 248 g/mol. The molecule has 2 heteroatoms. The maximum atomic E-state index is 12.0. The minimum Gasteiger partial charge on any atom is -0.461 e. The van der Waals surface area contributed by atoms with Gasteiger partial charge < -0.3 is 4.74 Å². The van der Waals surface area contributed by atoms with Crippen LogP contribution in [0.15, 0.2) is 30.3 Å². The molecule has 0 fully saturated rings. The fraction of sp³-hybridized carbons (Fsp3) is 0.562. The largest absolute Gasteiger partial charge is 0.461 e. The van der Waals surface area contributed by atoms with E-state index in [1.165, 1.54) is 0 Å². The van der Waals surface area contributed by atoms with Crippen molar-refractivity contribution >= 4 is 5.97 Å². The van der Waals surface area contributed by atoms with Gasteiger partial charge in [0, 0.05) is 0 Å². The quantitative estimate of drug-likeness (QED) is 0.676. The van der Waals surface area contributed by atoms with Gasteiger partial charge in [-0.05, 0) is 24.3 Å². The first-order valence-corrected chi connectivity index (χ1v) is 6.87. The number of esters is 1. The van der Waals surface area contributed by atoms with E-state index in [4.69, 9.17) is 4.74 Å². The molecule has 0 aliphatic carbocycles. The van der Waals surface area contributed by atoms with Gasteiger partial charge in [0.25, 0.3) is 0 Å². The van der Waals surface area contributed by atoms with E-state index in [2.05, 4.69) is 20.8 Å². The Hall–Kier alpha value is -1.31. The van der Waals surface area contributed by atoms with Crippen LogP contribution in [0.2, 0.25) is 0 Å². The van der Waals surface area contributed by atoms with Gasteiger partial charge in [-0.25, -0.2) is 0 Å². The molecule has 0 heterocycles. The molecule has 2 atom stereocenters. The second-order valence-corrected chi connectivity index (χ2v) is 4.95. The van der Waals surface area contributed by atoms with Gasteiger partial charge in [-0.15, -0.1) is 0 Å². The van der Waals surface area contributed by atoms with Gasteiger partial charge >= 0.3 is 5.97 Å². The number of ether oxygens (including phenoxy) is 1. The molecule has 18 heavy (non-hydrogen) atoms. The van der Waals surface area contributed by atoms with E-state index in [1.54, 1.807) is 0 Å². The first-order chi connectivity index (χ1) is 8.67. The number of hydrogen-bond acceptors (Lipinski definition) is 2. The molecule has 100 valence electrons. The second kappa shape index (κ2) is 7.91. The third-order valence-corrected chi connectivity index (χ3v) is 3.43. The SMILES string of the molecule is CCC(C)CC(CC)C(=O)OCc1ccccc1. The lowest BCUT2D eigenvalue weighted by Gasteiger charge is -2.17. The fourth-order valence-electron chi connectivity index (χ4n) is 1.93. The van der Waals surface area contributed by atoms with Crippen LogP contribution >= 0.6 is 0 Å². The smallest absolute Gasteiger partial charge is 0.309 e. The van der Waals surface area contributed by atoms with Gasteiger partial charge in [0.05, 0.1) is 5.92 Å². The summed E-state index contributed by atoms with van der Waals surface area (Å²) in [5, 5.41) is 0. The summed E-state index contributed by atoms with van der Waals surface area (Å²) >= 11 is 0. The van der Waals surface area contributed by atoms with Crippen LogP contribution in [0.4, 0.5) is 0 Å². The van der Waals surface area contributed by atoms with Crippen LogP contribution in [0, 0.1) is 11.8 Å². The van der Waals surface area contributed by atoms with Crippen molar-refractivity contribution in [3.8, 4) is 0 Å². The maximum absolute atomic E-state index is 12.0. The third kappa shape index (κ3) is 4.91. The summed E-state index contributed by atoms with van der Waals surface area (Å²) in [5.41, 5.74) is 1.05. The van der Waals surface area contributed by atoms with Crippen molar-refractivity contribution in [2.24, 2.45) is 11.8 Å². The van der Waals surface area contributed by atoms with Crippen molar-refractivity contribution < 1.29 is 9.53 Å². The summed E-state index contributed by atoms with van der Waals surface area (Å²) in [7, 11) is 0. The van der Waals surface area contributed by atoms with Crippen LogP contribution in [0.25, 0.3) is 0 Å². The minimum absolute atomic E-state index is 0.0451. The molecule has 0 saturated heterocycles. The normalized spacial score (nSPS) is 13.9. The molecule has 1 aromatic carbocycles. The van der Waals surface area contributed by atoms with Gasteiger partial charge in [-0.2, -0.15) is 0 Å².